The zero-order valence-corrected chi connectivity index (χ0v) is 5.79. The summed E-state index contributed by atoms with van der Waals surface area (Å²) >= 11 is 0. The van der Waals surface area contributed by atoms with Gasteiger partial charge in [-0.15, -0.1) is 13.2 Å². The third kappa shape index (κ3) is 28.5. The molecular weight excluding hydrogens is 132 g/mol. The highest BCUT2D eigenvalue weighted by atomic mass is 16.4. The fraction of sp³-hybridized carbons (Fsp3) is 0.286. The maximum Gasteiger partial charge on any atom is 0.307 e. The molecule has 3 nitrogen and oxygen atoms in total. The maximum atomic E-state index is 9.53. The minimum Gasteiger partial charge on any atom is -0.481 e. The van der Waals surface area contributed by atoms with E-state index in [2.05, 4.69) is 13.2 Å². The van der Waals surface area contributed by atoms with E-state index >= 15 is 0 Å². The summed E-state index contributed by atoms with van der Waals surface area (Å²) in [5.41, 5.74) is 0. The van der Waals surface area contributed by atoms with E-state index in [0.29, 0.717) is 0 Å². The first-order valence-electron chi connectivity index (χ1n) is 2.73. The van der Waals surface area contributed by atoms with E-state index in [1.807, 2.05) is 0 Å². The van der Waals surface area contributed by atoms with Gasteiger partial charge in [-0.05, 0) is 0 Å². The molecule has 0 saturated heterocycles. The first-order valence-corrected chi connectivity index (χ1v) is 2.73. The fourth-order valence-electron chi connectivity index (χ4n) is 0.123. The maximum absolute atomic E-state index is 9.53. The summed E-state index contributed by atoms with van der Waals surface area (Å²) in [5.74, 6) is -0.829. The number of aliphatic hydroxyl groups excluding tert-OH is 1. The summed E-state index contributed by atoms with van der Waals surface area (Å²) in [4.78, 5) is 9.53. The van der Waals surface area contributed by atoms with Crippen LogP contribution in [0.25, 0.3) is 0 Å². The van der Waals surface area contributed by atoms with Crippen molar-refractivity contribution in [3.05, 3.63) is 25.3 Å². The monoisotopic (exact) mass is 144 g/mol. The van der Waals surface area contributed by atoms with Gasteiger partial charge in [-0.2, -0.15) is 0 Å². The minimum atomic E-state index is -0.829. The Labute approximate surface area is 60.3 Å². The third-order valence-corrected chi connectivity index (χ3v) is 0.448. The lowest BCUT2D eigenvalue weighted by Gasteiger charge is -1.75. The van der Waals surface area contributed by atoms with Crippen LogP contribution in [0.15, 0.2) is 25.3 Å². The summed E-state index contributed by atoms with van der Waals surface area (Å²) in [7, 11) is 0. The highest BCUT2D eigenvalue weighted by Crippen LogP contribution is 1.74. The van der Waals surface area contributed by atoms with Crippen molar-refractivity contribution in [1.82, 2.24) is 0 Å². The number of rotatable bonds is 3. The molecule has 0 atom stereocenters. The van der Waals surface area contributed by atoms with Gasteiger partial charge in [-0.3, -0.25) is 4.79 Å². The molecule has 58 valence electrons. The average Bonchev–Trinajstić information content (AvgIpc) is 1.89. The molecule has 0 radical (unpaired) electrons. The molecule has 0 heterocycles. The topological polar surface area (TPSA) is 57.5 Å². The van der Waals surface area contributed by atoms with Gasteiger partial charge in [-0.1, -0.05) is 12.2 Å². The van der Waals surface area contributed by atoms with E-state index in [-0.39, 0.29) is 13.0 Å². The van der Waals surface area contributed by atoms with Crippen LogP contribution in [-0.4, -0.2) is 22.8 Å². The van der Waals surface area contributed by atoms with Gasteiger partial charge in [0.1, 0.15) is 0 Å². The van der Waals surface area contributed by atoms with Crippen LogP contribution in [-0.2, 0) is 4.79 Å². The molecule has 0 aliphatic rings. The lowest BCUT2D eigenvalue weighted by molar-refractivity contribution is -0.135. The molecule has 0 rings (SSSR count). The zero-order chi connectivity index (χ0) is 8.41. The fourth-order valence-corrected chi connectivity index (χ4v) is 0.123. The summed E-state index contributed by atoms with van der Waals surface area (Å²) in [6, 6.07) is 0. The van der Waals surface area contributed by atoms with Crippen LogP contribution in [0.2, 0.25) is 0 Å². The number of hydrogen-bond donors (Lipinski definition) is 2. The second kappa shape index (κ2) is 10.8. The predicted molar refractivity (Wildman–Crippen MR) is 39.7 cm³/mol. The van der Waals surface area contributed by atoms with Crippen molar-refractivity contribution in [2.45, 2.75) is 6.42 Å². The van der Waals surface area contributed by atoms with Crippen molar-refractivity contribution in [3.63, 3.8) is 0 Å². The number of carboxylic acid groups (broad SMARTS) is 1. The number of carbonyl (C=O) groups is 1. The van der Waals surface area contributed by atoms with E-state index in [1.165, 1.54) is 12.2 Å². The van der Waals surface area contributed by atoms with Gasteiger partial charge in [0.05, 0.1) is 13.0 Å². The Balaban J connectivity index is 0. The van der Waals surface area contributed by atoms with Gasteiger partial charge < -0.3 is 10.2 Å². The van der Waals surface area contributed by atoms with Gasteiger partial charge in [-0.25, -0.2) is 0 Å². The Morgan fingerprint density at radius 3 is 1.80 bits per heavy atom. The van der Waals surface area contributed by atoms with Gasteiger partial charge in [0.25, 0.3) is 0 Å². The van der Waals surface area contributed by atoms with Crippen LogP contribution >= 0.6 is 0 Å². The number of carboxylic acids is 1. The van der Waals surface area contributed by atoms with Crippen LogP contribution in [0.5, 0.6) is 0 Å². The van der Waals surface area contributed by atoms with E-state index in [1.54, 1.807) is 0 Å². The first-order chi connectivity index (χ1) is 4.68. The second-order valence-electron chi connectivity index (χ2n) is 1.36. The van der Waals surface area contributed by atoms with E-state index < -0.39 is 5.97 Å². The Morgan fingerprint density at radius 2 is 1.80 bits per heavy atom. The number of aliphatic hydroxyl groups is 1. The Morgan fingerprint density at radius 1 is 1.40 bits per heavy atom. The van der Waals surface area contributed by atoms with Crippen molar-refractivity contribution in [1.29, 1.82) is 0 Å². The van der Waals surface area contributed by atoms with Gasteiger partial charge in [0.15, 0.2) is 0 Å². The SMILES string of the molecule is C=CCC(=O)O.C=CCO. The number of aliphatic carboxylic acids is 1. The molecule has 10 heavy (non-hydrogen) atoms. The standard InChI is InChI=1S/C4H6O2.C3H6O/c1-2-3-4(5)6;1-2-3-4/h2H,1,3H2,(H,5,6);2,4H,1,3H2. The van der Waals surface area contributed by atoms with Crippen LogP contribution in [0.3, 0.4) is 0 Å². The van der Waals surface area contributed by atoms with Crippen LogP contribution in [0.4, 0.5) is 0 Å². The summed E-state index contributed by atoms with van der Waals surface area (Å²) in [6.45, 7) is 6.53. The Hall–Kier alpha value is -1.09. The smallest absolute Gasteiger partial charge is 0.307 e. The first kappa shape index (κ1) is 11.7. The lowest BCUT2D eigenvalue weighted by atomic mass is 10.4. The quantitative estimate of drug-likeness (QED) is 0.576. The second-order valence-corrected chi connectivity index (χ2v) is 1.36. The minimum absolute atomic E-state index is 0.0556. The largest absolute Gasteiger partial charge is 0.481 e. The predicted octanol–water partition coefficient (Wildman–Crippen LogP) is 0.812. The van der Waals surface area contributed by atoms with Crippen molar-refractivity contribution in [2.24, 2.45) is 0 Å². The van der Waals surface area contributed by atoms with Crippen molar-refractivity contribution >= 4 is 5.97 Å². The Kier molecular flexibility index (Phi) is 12.6. The molecule has 0 aromatic carbocycles. The van der Waals surface area contributed by atoms with Gasteiger partial charge >= 0.3 is 5.97 Å². The average molecular weight is 144 g/mol. The molecular formula is C7H12O3. The van der Waals surface area contributed by atoms with Gasteiger partial charge in [0.2, 0.25) is 0 Å². The third-order valence-electron chi connectivity index (χ3n) is 0.448. The number of hydrogen-bond acceptors (Lipinski definition) is 2. The Bertz CT molecular complexity index is 107. The van der Waals surface area contributed by atoms with Crippen molar-refractivity contribution in [3.8, 4) is 0 Å². The molecule has 0 spiro atoms. The lowest BCUT2D eigenvalue weighted by Crippen LogP contribution is -1.88. The molecule has 0 aliphatic carbocycles. The molecule has 2 N–H and O–H groups in total. The highest BCUT2D eigenvalue weighted by molar-refractivity contribution is 5.68. The molecule has 0 amide bonds. The van der Waals surface area contributed by atoms with Crippen molar-refractivity contribution < 1.29 is 15.0 Å². The normalized spacial score (nSPS) is 6.90. The molecule has 0 bridgehead atoms. The van der Waals surface area contributed by atoms with Crippen molar-refractivity contribution in [2.75, 3.05) is 6.61 Å². The summed E-state index contributed by atoms with van der Waals surface area (Å²) in [5, 5.41) is 15.6. The molecule has 3 heteroatoms. The molecule has 0 unspecified atom stereocenters. The molecule has 0 saturated carbocycles. The van der Waals surface area contributed by atoms with E-state index in [0.717, 1.165) is 0 Å². The highest BCUT2D eigenvalue weighted by Gasteiger charge is 1.84. The van der Waals surface area contributed by atoms with Crippen LogP contribution < -0.4 is 0 Å². The van der Waals surface area contributed by atoms with Crippen LogP contribution in [0.1, 0.15) is 6.42 Å². The van der Waals surface area contributed by atoms with Crippen LogP contribution in [0, 0.1) is 0 Å². The summed E-state index contributed by atoms with van der Waals surface area (Å²) < 4.78 is 0. The van der Waals surface area contributed by atoms with E-state index in [9.17, 15) is 4.79 Å². The van der Waals surface area contributed by atoms with Gasteiger partial charge in [0, 0.05) is 0 Å². The molecule has 0 aliphatic heterocycles. The molecule has 0 aromatic rings. The van der Waals surface area contributed by atoms with E-state index in [4.69, 9.17) is 10.2 Å². The molecule has 0 fully saturated rings. The molecule has 0 aromatic heterocycles. The summed E-state index contributed by atoms with van der Waals surface area (Å²) in [6.07, 6.45) is 2.84. The zero-order valence-electron chi connectivity index (χ0n) is 5.79.